The van der Waals surface area contributed by atoms with Crippen molar-refractivity contribution < 1.29 is 23.1 Å². The van der Waals surface area contributed by atoms with Crippen molar-refractivity contribution in [3.8, 4) is 33.8 Å². The minimum atomic E-state index is -1.21. The summed E-state index contributed by atoms with van der Waals surface area (Å²) in [5.41, 5.74) is 14.3. The van der Waals surface area contributed by atoms with E-state index in [4.69, 9.17) is 9.47 Å². The van der Waals surface area contributed by atoms with Gasteiger partial charge in [0.2, 0.25) is 0 Å². The van der Waals surface area contributed by atoms with Crippen molar-refractivity contribution in [2.45, 2.75) is 113 Å². The third kappa shape index (κ3) is 7.54. The maximum atomic E-state index is 7.23. The molecule has 58 heavy (non-hydrogen) atoms. The molecule has 3 aliphatic heterocycles. The van der Waals surface area contributed by atoms with Crippen LogP contribution in [-0.2, 0) is 12.8 Å². The Kier molecular flexibility index (Phi) is 12.4. The lowest BCUT2D eigenvalue weighted by Crippen LogP contribution is -2.59. The van der Waals surface area contributed by atoms with Gasteiger partial charge in [0.05, 0.1) is 37.3 Å². The molecule has 3 heterocycles. The van der Waals surface area contributed by atoms with E-state index in [0.29, 0.717) is 0 Å². The second-order valence-corrected chi connectivity index (χ2v) is 16.8. The lowest BCUT2D eigenvalue weighted by molar-refractivity contribution is -0.928. The molecule has 3 aliphatic rings. The monoisotopic (exact) mass is 777 g/mol. The predicted molar refractivity (Wildman–Crippen MR) is 243 cm³/mol. The number of unbranched alkanes of at least 4 members (excludes halogenated alkanes) is 3. The van der Waals surface area contributed by atoms with Crippen LogP contribution in [0.1, 0.15) is 113 Å². The fourth-order valence-corrected chi connectivity index (χ4v) is 9.56. The molecule has 5 aromatic rings. The first-order valence-electron chi connectivity index (χ1n) is 21.9. The van der Waals surface area contributed by atoms with E-state index in [2.05, 4.69) is 160 Å². The van der Waals surface area contributed by atoms with Crippen molar-refractivity contribution in [2.24, 2.45) is 0 Å². The van der Waals surface area contributed by atoms with E-state index in [1.807, 2.05) is 0 Å². The highest BCUT2D eigenvalue weighted by molar-refractivity contribution is 5.90. The highest BCUT2D eigenvalue weighted by Crippen LogP contribution is 2.50. The molecule has 5 heteroatoms. The fraction of sp³-hybridized carbons (Fsp3) is 0.396. The minimum absolute atomic E-state index is 0. The van der Waals surface area contributed by atoms with Crippen molar-refractivity contribution in [1.29, 1.82) is 0 Å². The van der Waals surface area contributed by atoms with Crippen LogP contribution < -0.4 is 9.47 Å². The molecule has 5 nitrogen and oxygen atoms in total. The van der Waals surface area contributed by atoms with Crippen LogP contribution in [0, 0.1) is 13.8 Å². The van der Waals surface area contributed by atoms with Crippen LogP contribution in [0.15, 0.2) is 97.1 Å². The first kappa shape index (κ1) is 41.2. The fourth-order valence-electron chi connectivity index (χ4n) is 9.56. The van der Waals surface area contributed by atoms with Crippen LogP contribution in [0.25, 0.3) is 22.3 Å². The molecule has 0 amide bonds. The molecule has 0 aliphatic carbocycles. The van der Waals surface area contributed by atoms with Gasteiger partial charge in [-0.15, -0.1) is 0 Å². The molecule has 8 rings (SSSR count). The average Bonchev–Trinajstić information content (AvgIpc) is 3.51. The summed E-state index contributed by atoms with van der Waals surface area (Å²) in [6, 6.07) is 34.5. The van der Waals surface area contributed by atoms with Gasteiger partial charge in [0, 0.05) is 18.6 Å². The number of fused-ring (bicyclic) bond motifs is 5. The average molecular weight is 777 g/mol. The number of quaternary nitrogens is 1. The van der Waals surface area contributed by atoms with E-state index in [9.17, 15) is 0 Å². The molecule has 1 atom stereocenters. The van der Waals surface area contributed by atoms with Crippen molar-refractivity contribution in [2.75, 3.05) is 26.2 Å². The summed E-state index contributed by atoms with van der Waals surface area (Å²) in [4.78, 5) is 0. The first-order valence-corrected chi connectivity index (χ1v) is 21.9. The first-order chi connectivity index (χ1) is 27.8. The second kappa shape index (κ2) is 17.5. The number of hydrogen-bond donors (Lipinski definition) is 0. The Balaban J connectivity index is 0.00000512. The van der Waals surface area contributed by atoms with Gasteiger partial charge >= 0.3 is 6.03 Å². The Morgan fingerprint density at radius 1 is 0.517 bits per heavy atom. The van der Waals surface area contributed by atoms with E-state index in [1.165, 1.54) is 103 Å². The van der Waals surface area contributed by atoms with Gasteiger partial charge in [-0.1, -0.05) is 121 Å². The Morgan fingerprint density at radius 3 is 1.40 bits per heavy atom. The molecule has 0 fully saturated rings. The maximum Gasteiger partial charge on any atom is 0.715 e. The lowest BCUT2D eigenvalue weighted by atomic mass is 9.93. The number of hydrogen-bond acceptors (Lipinski definition) is 2. The summed E-state index contributed by atoms with van der Waals surface area (Å²) in [5.74, 6) is 1.71. The van der Waals surface area contributed by atoms with E-state index < -0.39 is 6.03 Å². The quantitative estimate of drug-likeness (QED) is 0.0736. The number of para-hydroxylation sites is 2. The van der Waals surface area contributed by atoms with Gasteiger partial charge in [-0.25, -0.2) is 0 Å². The standard InChI is InChI=1S/C52H62N3O2.CH4/c1-7-11-28-55(29-12-8-2,30-13-9-3)31-27-41-22-15-17-24-47(41)43-33-39(6)51-45(35-43)37-54-49-26-19-18-25-48(49)53-36-44-34-42(46-23-16-14-21-40(46)20-10-4)32-38(5)50(44)56-52(53,54)57-51;/h14-19,21-26,32-37H,7-13,20,27-31H2,1-6H3;1H4/q+3;. The van der Waals surface area contributed by atoms with Crippen molar-refractivity contribution in [3.63, 3.8) is 0 Å². The highest BCUT2D eigenvalue weighted by Gasteiger charge is 2.72. The number of aryl methyl sites for hydroxylation is 3. The molecule has 0 aromatic heterocycles. The van der Waals surface area contributed by atoms with Crippen LogP contribution >= 0.6 is 0 Å². The molecule has 5 aromatic carbocycles. The SMILES string of the molecule is C.CCCC[N+](CCCC)(CCCC)CCc1ccccc1-c1cc(C)c2c(c1)C=[N+]1c3ccccc3[N+]3=Cc4cc(-c5ccccc5CCC)cc(C)c4OC31O2. The maximum absolute atomic E-state index is 7.23. The van der Waals surface area contributed by atoms with Crippen molar-refractivity contribution in [3.05, 3.63) is 130 Å². The van der Waals surface area contributed by atoms with Gasteiger partial charge in [-0.05, 0) is 117 Å². The normalized spacial score (nSPS) is 16.0. The second-order valence-electron chi connectivity index (χ2n) is 16.8. The minimum Gasteiger partial charge on any atom is -0.340 e. The summed E-state index contributed by atoms with van der Waals surface area (Å²) < 4.78 is 20.0. The third-order valence-corrected chi connectivity index (χ3v) is 12.6. The summed E-state index contributed by atoms with van der Waals surface area (Å²) in [5, 5.41) is 0. The van der Waals surface area contributed by atoms with Crippen molar-refractivity contribution >= 4 is 23.8 Å². The zero-order valence-corrected chi connectivity index (χ0v) is 35.2. The lowest BCUT2D eigenvalue weighted by Gasteiger charge is -2.39. The zero-order chi connectivity index (χ0) is 39.6. The van der Waals surface area contributed by atoms with E-state index in [1.54, 1.807) is 0 Å². The number of nitrogens with zero attached hydrogens (tertiary/aromatic N) is 3. The van der Waals surface area contributed by atoms with E-state index in [-0.39, 0.29) is 7.43 Å². The highest BCUT2D eigenvalue weighted by atomic mass is 16.7. The molecule has 0 radical (unpaired) electrons. The van der Waals surface area contributed by atoms with Crippen LogP contribution in [0.4, 0.5) is 11.4 Å². The van der Waals surface area contributed by atoms with Gasteiger partial charge < -0.3 is 14.0 Å². The molecular weight excluding hydrogens is 711 g/mol. The molecule has 0 saturated heterocycles. The number of rotatable bonds is 16. The van der Waals surface area contributed by atoms with Crippen molar-refractivity contribution in [1.82, 2.24) is 0 Å². The molecule has 1 spiro atoms. The molecule has 1 unspecified atom stereocenters. The van der Waals surface area contributed by atoms with Gasteiger partial charge in [-0.3, -0.25) is 0 Å². The largest absolute Gasteiger partial charge is 0.715 e. The Labute approximate surface area is 348 Å². The molecule has 0 saturated carbocycles. The number of ether oxygens (including phenoxy) is 2. The Hall–Kier alpha value is -5.00. The Bertz CT molecular complexity index is 2310. The van der Waals surface area contributed by atoms with E-state index in [0.717, 1.165) is 64.4 Å². The summed E-state index contributed by atoms with van der Waals surface area (Å²) in [6.45, 7) is 18.7. The van der Waals surface area contributed by atoms with Gasteiger partial charge in [0.15, 0.2) is 23.9 Å². The Morgan fingerprint density at radius 2 is 0.948 bits per heavy atom. The third-order valence-electron chi connectivity index (χ3n) is 12.6. The molecule has 0 N–H and O–H groups in total. The van der Waals surface area contributed by atoms with Crippen LogP contribution in [0.5, 0.6) is 11.5 Å². The molecule has 0 bridgehead atoms. The van der Waals surface area contributed by atoms with Crippen LogP contribution in [0.3, 0.4) is 0 Å². The zero-order valence-electron chi connectivity index (χ0n) is 35.2. The van der Waals surface area contributed by atoms with Gasteiger partial charge in [0.1, 0.15) is 0 Å². The summed E-state index contributed by atoms with van der Waals surface area (Å²) in [6.07, 6.45) is 15.4. The summed E-state index contributed by atoms with van der Waals surface area (Å²) in [7, 11) is 0. The van der Waals surface area contributed by atoms with Gasteiger partial charge in [0.25, 0.3) is 11.4 Å². The molecule has 302 valence electrons. The topological polar surface area (TPSA) is 24.5 Å². The van der Waals surface area contributed by atoms with Gasteiger partial charge in [-0.2, -0.15) is 0 Å². The summed E-state index contributed by atoms with van der Waals surface area (Å²) >= 11 is 0. The molecular formula is C53H66N3O2+3. The van der Waals surface area contributed by atoms with Crippen LogP contribution in [-0.4, -0.2) is 58.3 Å². The smallest absolute Gasteiger partial charge is 0.340 e. The van der Waals surface area contributed by atoms with Crippen LogP contribution in [0.2, 0.25) is 0 Å². The number of benzene rings is 5. The predicted octanol–water partition coefficient (Wildman–Crippen LogP) is 12.9. The van der Waals surface area contributed by atoms with E-state index >= 15 is 0 Å².